The maximum Gasteiger partial charge on any atom is 0.125 e. The van der Waals surface area contributed by atoms with E-state index in [2.05, 4.69) is 57.3 Å². The fraction of sp³-hybridized carbons (Fsp3) is 0.474. The normalized spacial score (nSPS) is 13.1. The Kier molecular flexibility index (Phi) is 4.89. The van der Waals surface area contributed by atoms with Crippen molar-refractivity contribution < 1.29 is 4.42 Å². The van der Waals surface area contributed by atoms with Gasteiger partial charge in [-0.2, -0.15) is 0 Å². The van der Waals surface area contributed by atoms with Crippen molar-refractivity contribution in [2.24, 2.45) is 0 Å². The molecule has 0 amide bonds. The van der Waals surface area contributed by atoms with Gasteiger partial charge in [-0.3, -0.25) is 0 Å². The van der Waals surface area contributed by atoms with Crippen molar-refractivity contribution in [3.8, 4) is 0 Å². The van der Waals surface area contributed by atoms with Gasteiger partial charge in [0.05, 0.1) is 6.04 Å². The zero-order valence-electron chi connectivity index (χ0n) is 14.0. The first-order valence-corrected chi connectivity index (χ1v) is 7.81. The Hall–Kier alpha value is -1.54. The average molecular weight is 285 g/mol. The number of hydrogen-bond acceptors (Lipinski definition) is 2. The molecule has 1 unspecified atom stereocenters. The molecule has 2 heteroatoms. The van der Waals surface area contributed by atoms with Crippen molar-refractivity contribution in [2.75, 3.05) is 7.05 Å². The predicted molar refractivity (Wildman–Crippen MR) is 89.0 cm³/mol. The molecule has 114 valence electrons. The van der Waals surface area contributed by atoms with Crippen LogP contribution in [0.5, 0.6) is 0 Å². The second-order valence-corrected chi connectivity index (χ2v) is 6.37. The quantitative estimate of drug-likeness (QED) is 0.822. The summed E-state index contributed by atoms with van der Waals surface area (Å²) in [6.45, 7) is 11.0. The van der Waals surface area contributed by atoms with E-state index in [-0.39, 0.29) is 6.04 Å². The van der Waals surface area contributed by atoms with Crippen LogP contribution in [-0.4, -0.2) is 7.05 Å². The summed E-state index contributed by atoms with van der Waals surface area (Å²) in [5, 5.41) is 3.40. The van der Waals surface area contributed by atoms with Crippen LogP contribution in [0.2, 0.25) is 0 Å². The van der Waals surface area contributed by atoms with Gasteiger partial charge in [0.15, 0.2) is 0 Å². The van der Waals surface area contributed by atoms with E-state index in [9.17, 15) is 0 Å². The van der Waals surface area contributed by atoms with Gasteiger partial charge in [0.25, 0.3) is 0 Å². The van der Waals surface area contributed by atoms with Crippen LogP contribution in [0, 0.1) is 6.92 Å². The Bertz CT molecular complexity index is 595. The summed E-state index contributed by atoms with van der Waals surface area (Å²) in [6, 6.07) is 11.0. The van der Waals surface area contributed by atoms with E-state index in [1.807, 2.05) is 20.0 Å². The number of nitrogens with one attached hydrogen (secondary N) is 1. The highest BCUT2D eigenvalue weighted by Gasteiger charge is 2.20. The van der Waals surface area contributed by atoms with Gasteiger partial charge in [-0.15, -0.1) is 0 Å². The highest BCUT2D eigenvalue weighted by molar-refractivity contribution is 5.40. The van der Waals surface area contributed by atoms with Crippen LogP contribution < -0.4 is 5.32 Å². The second-order valence-electron chi connectivity index (χ2n) is 6.37. The fourth-order valence-corrected chi connectivity index (χ4v) is 2.77. The Balaban J connectivity index is 2.50. The summed E-state index contributed by atoms with van der Waals surface area (Å²) >= 11 is 0. The molecule has 1 N–H and O–H groups in total. The molecule has 0 aliphatic carbocycles. The number of benzene rings is 1. The average Bonchev–Trinajstić information content (AvgIpc) is 2.86. The number of hydrogen-bond donors (Lipinski definition) is 1. The van der Waals surface area contributed by atoms with E-state index < -0.39 is 0 Å². The molecular formula is C19H27NO. The molecule has 1 heterocycles. The van der Waals surface area contributed by atoms with Crippen LogP contribution in [-0.2, 0) is 0 Å². The van der Waals surface area contributed by atoms with Crippen molar-refractivity contribution in [1.29, 1.82) is 0 Å². The molecule has 1 atom stereocenters. The van der Waals surface area contributed by atoms with E-state index in [1.165, 1.54) is 16.7 Å². The van der Waals surface area contributed by atoms with Gasteiger partial charge in [0.1, 0.15) is 11.5 Å². The summed E-state index contributed by atoms with van der Waals surface area (Å²) < 4.78 is 5.84. The monoisotopic (exact) mass is 285 g/mol. The SMILES string of the molecule is CNC(c1ccc(C)o1)c1ccc(C(C)C)cc1C(C)C. The molecule has 0 fully saturated rings. The topological polar surface area (TPSA) is 25.2 Å². The standard InChI is InChI=1S/C19H27NO/c1-12(2)15-8-9-16(17(11-15)13(3)4)19(20-6)18-10-7-14(5)21-18/h7-13,19-20H,1-6H3. The molecule has 1 aromatic carbocycles. The molecule has 0 saturated carbocycles. The zero-order chi connectivity index (χ0) is 15.6. The maximum atomic E-state index is 5.84. The minimum Gasteiger partial charge on any atom is -0.464 e. The second kappa shape index (κ2) is 6.48. The van der Waals surface area contributed by atoms with Crippen molar-refractivity contribution in [3.63, 3.8) is 0 Å². The van der Waals surface area contributed by atoms with Crippen molar-refractivity contribution in [1.82, 2.24) is 5.32 Å². The van der Waals surface area contributed by atoms with Crippen LogP contribution in [0.15, 0.2) is 34.7 Å². The van der Waals surface area contributed by atoms with Crippen molar-refractivity contribution in [3.05, 3.63) is 58.5 Å². The molecule has 2 aromatic rings. The first-order valence-electron chi connectivity index (χ1n) is 7.81. The van der Waals surface area contributed by atoms with E-state index in [4.69, 9.17) is 4.42 Å². The molecule has 0 aliphatic heterocycles. The molecule has 0 radical (unpaired) electrons. The lowest BCUT2D eigenvalue weighted by Gasteiger charge is -2.22. The third-order valence-electron chi connectivity index (χ3n) is 4.04. The lowest BCUT2D eigenvalue weighted by molar-refractivity contribution is 0.442. The summed E-state index contributed by atoms with van der Waals surface area (Å²) in [4.78, 5) is 0. The molecule has 21 heavy (non-hydrogen) atoms. The number of furan rings is 1. The molecule has 2 rings (SSSR count). The van der Waals surface area contributed by atoms with Crippen molar-refractivity contribution >= 4 is 0 Å². The van der Waals surface area contributed by atoms with Gasteiger partial charge in [-0.05, 0) is 54.6 Å². The van der Waals surface area contributed by atoms with Gasteiger partial charge < -0.3 is 9.73 Å². The lowest BCUT2D eigenvalue weighted by Crippen LogP contribution is -2.19. The van der Waals surface area contributed by atoms with Crippen LogP contribution >= 0.6 is 0 Å². The number of aryl methyl sites for hydroxylation is 1. The third kappa shape index (κ3) is 3.38. The van der Waals surface area contributed by atoms with Gasteiger partial charge in [-0.25, -0.2) is 0 Å². The van der Waals surface area contributed by atoms with Crippen molar-refractivity contribution in [2.45, 2.75) is 52.5 Å². The van der Waals surface area contributed by atoms with Gasteiger partial charge in [0, 0.05) is 0 Å². The molecular weight excluding hydrogens is 258 g/mol. The Labute approximate surface area is 128 Å². The van der Waals surface area contributed by atoms with Crippen LogP contribution in [0.25, 0.3) is 0 Å². The van der Waals surface area contributed by atoms with Crippen LogP contribution in [0.3, 0.4) is 0 Å². The van der Waals surface area contributed by atoms with E-state index in [0.29, 0.717) is 11.8 Å². The third-order valence-corrected chi connectivity index (χ3v) is 4.04. The molecule has 0 aliphatic rings. The van der Waals surface area contributed by atoms with Crippen LogP contribution in [0.4, 0.5) is 0 Å². The van der Waals surface area contributed by atoms with Gasteiger partial charge >= 0.3 is 0 Å². The highest BCUT2D eigenvalue weighted by Crippen LogP contribution is 2.32. The molecule has 0 bridgehead atoms. The summed E-state index contributed by atoms with van der Waals surface area (Å²) in [5.74, 6) is 2.98. The minimum atomic E-state index is 0.109. The van der Waals surface area contributed by atoms with Gasteiger partial charge in [0.2, 0.25) is 0 Å². The van der Waals surface area contributed by atoms with E-state index in [0.717, 1.165) is 11.5 Å². The largest absolute Gasteiger partial charge is 0.464 e. The molecule has 0 spiro atoms. The van der Waals surface area contributed by atoms with Gasteiger partial charge in [-0.1, -0.05) is 45.9 Å². The fourth-order valence-electron chi connectivity index (χ4n) is 2.77. The smallest absolute Gasteiger partial charge is 0.125 e. The maximum absolute atomic E-state index is 5.84. The lowest BCUT2D eigenvalue weighted by atomic mass is 9.88. The summed E-state index contributed by atoms with van der Waals surface area (Å²) in [6.07, 6.45) is 0. The summed E-state index contributed by atoms with van der Waals surface area (Å²) in [7, 11) is 1.99. The first-order chi connectivity index (χ1) is 9.93. The minimum absolute atomic E-state index is 0.109. The Morgan fingerprint density at radius 2 is 1.62 bits per heavy atom. The molecule has 0 saturated heterocycles. The van der Waals surface area contributed by atoms with Crippen LogP contribution in [0.1, 0.15) is 73.8 Å². The van der Waals surface area contributed by atoms with E-state index >= 15 is 0 Å². The predicted octanol–water partition coefficient (Wildman–Crippen LogP) is 5.14. The zero-order valence-corrected chi connectivity index (χ0v) is 14.0. The molecule has 2 nitrogen and oxygen atoms in total. The highest BCUT2D eigenvalue weighted by atomic mass is 16.3. The Morgan fingerprint density at radius 3 is 2.10 bits per heavy atom. The number of rotatable bonds is 5. The summed E-state index contributed by atoms with van der Waals surface area (Å²) in [5.41, 5.74) is 4.11. The molecule has 1 aromatic heterocycles. The Morgan fingerprint density at radius 1 is 0.905 bits per heavy atom. The van der Waals surface area contributed by atoms with E-state index in [1.54, 1.807) is 0 Å². The first kappa shape index (κ1) is 15.8.